The van der Waals surface area contributed by atoms with E-state index >= 15 is 0 Å². The topological polar surface area (TPSA) is 13.1 Å². The van der Waals surface area contributed by atoms with Crippen LogP contribution in [-0.4, -0.2) is 0 Å². The predicted molar refractivity (Wildman–Crippen MR) is 51.4 cm³/mol. The molecule has 0 saturated heterocycles. The Morgan fingerprint density at radius 1 is 0.800 bits per heavy atom. The van der Waals surface area contributed by atoms with E-state index in [0.717, 1.165) is 21.9 Å². The second-order valence-corrected chi connectivity index (χ2v) is 2.92. The molecule has 62 valence electrons. The first-order valence-corrected chi connectivity index (χ1v) is 4.15. The largest absolute Gasteiger partial charge is 1.00 e. The van der Waals surface area contributed by atoms with Crippen molar-refractivity contribution < 1.29 is 42.1 Å². The van der Waals surface area contributed by atoms with Gasteiger partial charge in [-0.25, -0.2) is 0 Å². The third kappa shape index (κ3) is 2.03. The van der Waals surface area contributed by atoms with Crippen LogP contribution in [0.2, 0.25) is 0 Å². The fraction of sp³-hybridized carbons (Fsp3) is 0. The van der Waals surface area contributed by atoms with Crippen molar-refractivity contribution in [3.8, 4) is 0 Å². The van der Waals surface area contributed by atoms with Crippen molar-refractivity contribution in [2.45, 2.75) is 0 Å². The SMILES string of the molecule is [Li+].[Li+].[c-]1cccc2oc3ccc[c-]c3c12. The summed E-state index contributed by atoms with van der Waals surface area (Å²) >= 11 is 0. The van der Waals surface area contributed by atoms with E-state index in [2.05, 4.69) is 12.1 Å². The van der Waals surface area contributed by atoms with E-state index in [1.807, 2.05) is 36.4 Å². The van der Waals surface area contributed by atoms with Crippen LogP contribution in [0.25, 0.3) is 21.9 Å². The van der Waals surface area contributed by atoms with Crippen LogP contribution in [0.15, 0.2) is 40.8 Å². The van der Waals surface area contributed by atoms with Crippen molar-refractivity contribution in [1.82, 2.24) is 0 Å². The summed E-state index contributed by atoms with van der Waals surface area (Å²) < 4.78 is 5.59. The smallest absolute Gasteiger partial charge is 0.564 e. The van der Waals surface area contributed by atoms with E-state index in [4.69, 9.17) is 4.42 Å². The normalized spacial score (nSPS) is 9.60. The molecule has 0 radical (unpaired) electrons. The maximum absolute atomic E-state index is 5.59. The average molecular weight is 180 g/mol. The number of benzene rings is 2. The Hall–Kier alpha value is -0.565. The summed E-state index contributed by atoms with van der Waals surface area (Å²) in [5, 5.41) is 2.02. The monoisotopic (exact) mass is 180 g/mol. The van der Waals surface area contributed by atoms with Crippen molar-refractivity contribution >= 4 is 21.9 Å². The van der Waals surface area contributed by atoms with E-state index in [-0.39, 0.29) is 37.7 Å². The molecule has 3 aromatic rings. The molecule has 0 atom stereocenters. The van der Waals surface area contributed by atoms with Crippen LogP contribution < -0.4 is 37.7 Å². The van der Waals surface area contributed by atoms with Gasteiger partial charge in [-0.2, -0.15) is 35.0 Å². The van der Waals surface area contributed by atoms with Gasteiger partial charge in [-0.3, -0.25) is 0 Å². The van der Waals surface area contributed by atoms with Gasteiger partial charge < -0.3 is 4.42 Å². The van der Waals surface area contributed by atoms with Gasteiger partial charge in [0.05, 0.1) is 0 Å². The summed E-state index contributed by atoms with van der Waals surface area (Å²) in [4.78, 5) is 0. The van der Waals surface area contributed by atoms with Crippen LogP contribution in [0.1, 0.15) is 0 Å². The minimum Gasteiger partial charge on any atom is -0.564 e. The van der Waals surface area contributed by atoms with Gasteiger partial charge in [-0.1, -0.05) is 0 Å². The maximum atomic E-state index is 5.59. The van der Waals surface area contributed by atoms with Crippen LogP contribution in [0.3, 0.4) is 0 Å². The molecule has 2 aromatic carbocycles. The van der Waals surface area contributed by atoms with E-state index in [0.29, 0.717) is 0 Å². The van der Waals surface area contributed by atoms with Crippen LogP contribution in [-0.2, 0) is 0 Å². The van der Waals surface area contributed by atoms with Crippen molar-refractivity contribution in [2.75, 3.05) is 0 Å². The van der Waals surface area contributed by atoms with Crippen LogP contribution in [0, 0.1) is 12.1 Å². The molecule has 0 bridgehead atoms. The molecule has 15 heavy (non-hydrogen) atoms. The molecule has 1 nitrogen and oxygen atoms in total. The molecule has 1 aromatic heterocycles. The maximum Gasteiger partial charge on any atom is 1.00 e. The Labute approximate surface area is 112 Å². The molecule has 0 aliphatic carbocycles. The van der Waals surface area contributed by atoms with Crippen LogP contribution >= 0.6 is 0 Å². The minimum absolute atomic E-state index is 0. The number of rotatable bonds is 0. The third-order valence-corrected chi connectivity index (χ3v) is 2.11. The Morgan fingerprint density at radius 3 is 1.73 bits per heavy atom. The predicted octanol–water partition coefficient (Wildman–Crippen LogP) is -2.81. The Bertz CT molecular complexity index is 521. The standard InChI is InChI=1S/C12H6O.2Li/c1-3-7-11-9(5-1)10-6-2-4-8-12(10)13-11;;/h1-4,7-8H;;/q-2;2*+1. The van der Waals surface area contributed by atoms with Gasteiger partial charge >= 0.3 is 37.7 Å². The van der Waals surface area contributed by atoms with E-state index in [1.165, 1.54) is 0 Å². The van der Waals surface area contributed by atoms with Gasteiger partial charge in [0.15, 0.2) is 0 Å². The molecule has 3 rings (SSSR count). The molecule has 0 unspecified atom stereocenters. The average Bonchev–Trinajstić information content (AvgIpc) is 2.56. The van der Waals surface area contributed by atoms with Crippen molar-refractivity contribution in [2.24, 2.45) is 0 Å². The molecule has 0 saturated carbocycles. The van der Waals surface area contributed by atoms with E-state index in [1.54, 1.807) is 0 Å². The first-order valence-electron chi connectivity index (χ1n) is 4.15. The number of fused-ring (bicyclic) bond motifs is 3. The van der Waals surface area contributed by atoms with Crippen molar-refractivity contribution in [1.29, 1.82) is 0 Å². The summed E-state index contributed by atoms with van der Waals surface area (Å²) in [7, 11) is 0. The van der Waals surface area contributed by atoms with Crippen molar-refractivity contribution in [3.05, 3.63) is 48.5 Å². The molecule has 0 fully saturated rings. The second-order valence-electron chi connectivity index (χ2n) is 2.92. The van der Waals surface area contributed by atoms with Crippen molar-refractivity contribution in [3.63, 3.8) is 0 Å². The molecule has 0 N–H and O–H groups in total. The fourth-order valence-electron chi connectivity index (χ4n) is 1.52. The molecule has 3 heteroatoms. The summed E-state index contributed by atoms with van der Waals surface area (Å²) in [5.41, 5.74) is 1.75. The quantitative estimate of drug-likeness (QED) is 0.269. The van der Waals surface area contributed by atoms with E-state index < -0.39 is 0 Å². The zero-order valence-corrected chi connectivity index (χ0v) is 8.87. The number of furan rings is 1. The Balaban J connectivity index is 0.000000562. The van der Waals surface area contributed by atoms with Gasteiger partial charge in [0.1, 0.15) is 0 Å². The minimum atomic E-state index is 0. The zero-order valence-electron chi connectivity index (χ0n) is 8.87. The van der Waals surface area contributed by atoms with Gasteiger partial charge in [0.2, 0.25) is 0 Å². The van der Waals surface area contributed by atoms with Gasteiger partial charge in [-0.15, -0.1) is 24.3 Å². The first-order chi connectivity index (χ1) is 6.45. The molecule has 0 aliphatic heterocycles. The van der Waals surface area contributed by atoms with Crippen LogP contribution in [0.5, 0.6) is 0 Å². The molecular formula is C12H6Li2O. The Morgan fingerprint density at radius 2 is 1.27 bits per heavy atom. The second kappa shape index (κ2) is 4.97. The summed E-state index contributed by atoms with van der Waals surface area (Å²) in [6, 6.07) is 17.8. The molecular weight excluding hydrogens is 174 g/mol. The summed E-state index contributed by atoms with van der Waals surface area (Å²) in [6.07, 6.45) is 0. The number of hydrogen-bond acceptors (Lipinski definition) is 1. The summed E-state index contributed by atoms with van der Waals surface area (Å²) in [5.74, 6) is 0. The molecule has 0 amide bonds. The first kappa shape index (κ1) is 12.5. The number of hydrogen-bond donors (Lipinski definition) is 0. The molecule has 0 aliphatic rings. The zero-order chi connectivity index (χ0) is 8.67. The van der Waals surface area contributed by atoms with Gasteiger partial charge in [0.25, 0.3) is 0 Å². The van der Waals surface area contributed by atoms with Gasteiger partial charge in [-0.05, 0) is 11.2 Å². The fourth-order valence-corrected chi connectivity index (χ4v) is 1.52. The van der Waals surface area contributed by atoms with Crippen LogP contribution in [0.4, 0.5) is 0 Å². The third-order valence-electron chi connectivity index (χ3n) is 2.11. The van der Waals surface area contributed by atoms with E-state index in [9.17, 15) is 0 Å². The Kier molecular flexibility index (Phi) is 4.15. The molecule has 1 heterocycles. The summed E-state index contributed by atoms with van der Waals surface area (Å²) in [6.45, 7) is 0. The van der Waals surface area contributed by atoms with Gasteiger partial charge in [0, 0.05) is 0 Å². The molecule has 0 spiro atoms.